The normalized spacial score (nSPS) is 14.3. The van der Waals surface area contributed by atoms with E-state index in [1.54, 1.807) is 12.0 Å². The van der Waals surface area contributed by atoms with E-state index in [2.05, 4.69) is 5.32 Å². The molecule has 6 heteroatoms. The standard InChI is InChI=1S/C20H31N3O3/c1-6-7-21-20(25)23-10-8-22(9-11-23)18(24)13-17-12-14(2)19(26-5)16(4)15(17)3/h12H,6-11,13H2,1-5H3,(H,21,25). The molecule has 1 aliphatic heterocycles. The maximum Gasteiger partial charge on any atom is 0.317 e. The molecular weight excluding hydrogens is 330 g/mol. The van der Waals surface area contributed by atoms with Gasteiger partial charge in [0, 0.05) is 32.7 Å². The van der Waals surface area contributed by atoms with Gasteiger partial charge in [-0.3, -0.25) is 4.79 Å². The van der Waals surface area contributed by atoms with Crippen LogP contribution in [0.3, 0.4) is 0 Å². The molecular formula is C20H31N3O3. The number of piperazine rings is 1. The predicted octanol–water partition coefficient (Wildman–Crippen LogP) is 2.43. The van der Waals surface area contributed by atoms with E-state index in [1.807, 2.05) is 38.7 Å². The third kappa shape index (κ3) is 4.48. The number of hydrogen-bond acceptors (Lipinski definition) is 3. The first-order valence-electron chi connectivity index (χ1n) is 9.33. The van der Waals surface area contributed by atoms with Crippen molar-refractivity contribution in [3.05, 3.63) is 28.3 Å². The van der Waals surface area contributed by atoms with Crippen molar-refractivity contribution < 1.29 is 14.3 Å². The average molecular weight is 361 g/mol. The van der Waals surface area contributed by atoms with E-state index in [-0.39, 0.29) is 11.9 Å². The molecule has 2 rings (SSSR count). The molecule has 144 valence electrons. The van der Waals surface area contributed by atoms with Crippen LogP contribution in [0.15, 0.2) is 6.07 Å². The summed E-state index contributed by atoms with van der Waals surface area (Å²) in [4.78, 5) is 28.4. The van der Waals surface area contributed by atoms with Gasteiger partial charge in [0.2, 0.25) is 5.91 Å². The molecule has 1 N–H and O–H groups in total. The Bertz CT molecular complexity index is 665. The highest BCUT2D eigenvalue weighted by Crippen LogP contribution is 2.29. The quantitative estimate of drug-likeness (QED) is 0.876. The molecule has 1 aromatic rings. The van der Waals surface area contributed by atoms with Crippen molar-refractivity contribution >= 4 is 11.9 Å². The maximum atomic E-state index is 12.7. The van der Waals surface area contributed by atoms with Gasteiger partial charge in [0.15, 0.2) is 0 Å². The number of urea groups is 1. The Morgan fingerprint density at radius 1 is 1.08 bits per heavy atom. The van der Waals surface area contributed by atoms with E-state index >= 15 is 0 Å². The highest BCUT2D eigenvalue weighted by Gasteiger charge is 2.24. The Kier molecular flexibility index (Phi) is 6.89. The molecule has 0 aromatic heterocycles. The van der Waals surface area contributed by atoms with Crippen molar-refractivity contribution in [1.82, 2.24) is 15.1 Å². The minimum atomic E-state index is -0.0313. The van der Waals surface area contributed by atoms with Crippen LogP contribution in [0.2, 0.25) is 0 Å². The first-order chi connectivity index (χ1) is 12.4. The second-order valence-electron chi connectivity index (χ2n) is 6.91. The Balaban J connectivity index is 1.97. The van der Waals surface area contributed by atoms with Crippen molar-refractivity contribution in [2.45, 2.75) is 40.5 Å². The van der Waals surface area contributed by atoms with Gasteiger partial charge in [-0.25, -0.2) is 4.79 Å². The zero-order valence-electron chi connectivity index (χ0n) is 16.6. The second-order valence-corrected chi connectivity index (χ2v) is 6.91. The van der Waals surface area contributed by atoms with Crippen LogP contribution in [0.1, 0.15) is 35.6 Å². The molecule has 3 amide bonds. The molecule has 0 spiro atoms. The van der Waals surface area contributed by atoms with E-state index in [0.29, 0.717) is 39.1 Å². The monoisotopic (exact) mass is 361 g/mol. The number of carbonyl (C=O) groups excluding carboxylic acids is 2. The number of benzene rings is 1. The maximum absolute atomic E-state index is 12.7. The summed E-state index contributed by atoms with van der Waals surface area (Å²) in [5.74, 6) is 1.01. The summed E-state index contributed by atoms with van der Waals surface area (Å²) < 4.78 is 5.46. The van der Waals surface area contributed by atoms with Gasteiger partial charge in [-0.2, -0.15) is 0 Å². The molecule has 1 aliphatic rings. The fraction of sp³-hybridized carbons (Fsp3) is 0.600. The van der Waals surface area contributed by atoms with Crippen LogP contribution < -0.4 is 10.1 Å². The van der Waals surface area contributed by atoms with Crippen molar-refractivity contribution in [1.29, 1.82) is 0 Å². The summed E-state index contributed by atoms with van der Waals surface area (Å²) in [5, 5.41) is 2.89. The summed E-state index contributed by atoms with van der Waals surface area (Å²) >= 11 is 0. The van der Waals surface area contributed by atoms with Crippen molar-refractivity contribution in [2.24, 2.45) is 0 Å². The third-order valence-corrected chi connectivity index (χ3v) is 5.13. The van der Waals surface area contributed by atoms with Crippen LogP contribution in [0.25, 0.3) is 0 Å². The van der Waals surface area contributed by atoms with Crippen LogP contribution in [-0.4, -0.2) is 61.6 Å². The van der Waals surface area contributed by atoms with Gasteiger partial charge in [0.25, 0.3) is 0 Å². The summed E-state index contributed by atoms with van der Waals surface area (Å²) in [5.41, 5.74) is 4.30. The molecule has 0 unspecified atom stereocenters. The van der Waals surface area contributed by atoms with Gasteiger partial charge >= 0.3 is 6.03 Å². The smallest absolute Gasteiger partial charge is 0.317 e. The fourth-order valence-electron chi connectivity index (χ4n) is 3.42. The van der Waals surface area contributed by atoms with E-state index in [1.165, 1.54) is 0 Å². The zero-order valence-corrected chi connectivity index (χ0v) is 16.6. The lowest BCUT2D eigenvalue weighted by atomic mass is 9.96. The Labute approximate surface area is 156 Å². The van der Waals surface area contributed by atoms with Gasteiger partial charge in [-0.1, -0.05) is 13.0 Å². The number of aryl methyl sites for hydroxylation is 1. The highest BCUT2D eigenvalue weighted by atomic mass is 16.5. The lowest BCUT2D eigenvalue weighted by Crippen LogP contribution is -2.53. The zero-order chi connectivity index (χ0) is 19.3. The van der Waals surface area contributed by atoms with Crippen LogP contribution in [-0.2, 0) is 11.2 Å². The third-order valence-electron chi connectivity index (χ3n) is 5.13. The molecule has 0 atom stereocenters. The number of nitrogens with zero attached hydrogens (tertiary/aromatic N) is 2. The summed E-state index contributed by atoms with van der Waals surface area (Å²) in [6.07, 6.45) is 1.31. The SMILES string of the molecule is CCCNC(=O)N1CCN(C(=O)Cc2cc(C)c(OC)c(C)c2C)CC1. The van der Waals surface area contributed by atoms with E-state index in [0.717, 1.165) is 34.4 Å². The molecule has 1 heterocycles. The summed E-state index contributed by atoms with van der Waals surface area (Å²) in [7, 11) is 1.68. The lowest BCUT2D eigenvalue weighted by molar-refractivity contribution is -0.131. The number of methoxy groups -OCH3 is 1. The predicted molar refractivity (Wildman–Crippen MR) is 103 cm³/mol. The van der Waals surface area contributed by atoms with Gasteiger partial charge in [0.05, 0.1) is 13.5 Å². The van der Waals surface area contributed by atoms with Crippen LogP contribution in [0, 0.1) is 20.8 Å². The second kappa shape index (κ2) is 8.92. The number of amides is 3. The summed E-state index contributed by atoms with van der Waals surface area (Å²) in [6, 6.07) is 2.02. The van der Waals surface area contributed by atoms with Crippen molar-refractivity contribution in [3.8, 4) is 5.75 Å². The first-order valence-corrected chi connectivity index (χ1v) is 9.33. The molecule has 6 nitrogen and oxygen atoms in total. The van der Waals surface area contributed by atoms with Gasteiger partial charge in [-0.15, -0.1) is 0 Å². The molecule has 26 heavy (non-hydrogen) atoms. The van der Waals surface area contributed by atoms with Crippen molar-refractivity contribution in [2.75, 3.05) is 39.8 Å². The average Bonchev–Trinajstić information content (AvgIpc) is 2.64. The molecule has 0 radical (unpaired) electrons. The topological polar surface area (TPSA) is 61.9 Å². The van der Waals surface area contributed by atoms with Crippen molar-refractivity contribution in [3.63, 3.8) is 0 Å². The number of ether oxygens (including phenoxy) is 1. The minimum absolute atomic E-state index is 0.0313. The van der Waals surface area contributed by atoms with E-state index in [4.69, 9.17) is 4.74 Å². The highest BCUT2D eigenvalue weighted by molar-refractivity contribution is 5.80. The van der Waals surface area contributed by atoms with Crippen LogP contribution in [0.4, 0.5) is 4.79 Å². The number of hydrogen-bond donors (Lipinski definition) is 1. The minimum Gasteiger partial charge on any atom is -0.496 e. The number of carbonyl (C=O) groups is 2. The lowest BCUT2D eigenvalue weighted by Gasteiger charge is -2.35. The van der Waals surface area contributed by atoms with Crippen LogP contribution in [0.5, 0.6) is 5.75 Å². The Morgan fingerprint density at radius 2 is 1.69 bits per heavy atom. The Hall–Kier alpha value is -2.24. The van der Waals surface area contributed by atoms with Crippen LogP contribution >= 0.6 is 0 Å². The first kappa shape index (κ1) is 20.1. The van der Waals surface area contributed by atoms with Gasteiger partial charge in [0.1, 0.15) is 5.75 Å². The Morgan fingerprint density at radius 3 is 2.27 bits per heavy atom. The molecule has 0 bridgehead atoms. The number of nitrogens with one attached hydrogen (secondary N) is 1. The molecule has 1 aromatic carbocycles. The van der Waals surface area contributed by atoms with E-state index in [9.17, 15) is 9.59 Å². The number of rotatable bonds is 5. The van der Waals surface area contributed by atoms with E-state index < -0.39 is 0 Å². The fourth-order valence-corrected chi connectivity index (χ4v) is 3.42. The molecule has 1 saturated heterocycles. The van der Waals surface area contributed by atoms with Gasteiger partial charge < -0.3 is 19.9 Å². The van der Waals surface area contributed by atoms with Gasteiger partial charge in [-0.05, 0) is 49.4 Å². The molecule has 0 aliphatic carbocycles. The largest absolute Gasteiger partial charge is 0.496 e. The molecule has 0 saturated carbocycles. The molecule has 1 fully saturated rings. The summed E-state index contributed by atoms with van der Waals surface area (Å²) in [6.45, 7) is 11.1.